The van der Waals surface area contributed by atoms with Crippen LogP contribution in [0.25, 0.3) is 5.69 Å². The number of amides is 2. The van der Waals surface area contributed by atoms with Crippen LogP contribution in [0.1, 0.15) is 12.6 Å². The Labute approximate surface area is 146 Å². The van der Waals surface area contributed by atoms with Crippen molar-refractivity contribution < 1.29 is 27.5 Å². The van der Waals surface area contributed by atoms with E-state index in [0.717, 1.165) is 16.9 Å². The summed E-state index contributed by atoms with van der Waals surface area (Å²) in [5, 5.41) is 6.27. The van der Waals surface area contributed by atoms with Crippen LogP contribution in [0.5, 0.6) is 0 Å². The molecule has 7 nitrogen and oxygen atoms in total. The minimum absolute atomic E-state index is 0.192. The fraction of sp³-hybridized carbons (Fsp3) is 0.312. The lowest BCUT2D eigenvalue weighted by Gasteiger charge is -2.15. The summed E-state index contributed by atoms with van der Waals surface area (Å²) >= 11 is 0. The summed E-state index contributed by atoms with van der Waals surface area (Å²) in [5.74, 6) is -0.233. The molecule has 26 heavy (non-hydrogen) atoms. The molecule has 1 unspecified atom stereocenters. The fourth-order valence-electron chi connectivity index (χ4n) is 2.59. The summed E-state index contributed by atoms with van der Waals surface area (Å²) in [5.41, 5.74) is -0.195. The summed E-state index contributed by atoms with van der Waals surface area (Å²) in [6.45, 7) is 1.78. The van der Waals surface area contributed by atoms with Crippen molar-refractivity contribution in [2.45, 2.75) is 19.2 Å². The van der Waals surface area contributed by atoms with Crippen LogP contribution in [0, 0.1) is 0 Å². The molecular weight excluding hydrogens is 353 g/mol. The van der Waals surface area contributed by atoms with Gasteiger partial charge in [-0.15, -0.1) is 0 Å². The van der Waals surface area contributed by atoms with Gasteiger partial charge in [-0.25, -0.2) is 9.48 Å². The zero-order valence-corrected chi connectivity index (χ0v) is 13.7. The molecule has 10 heteroatoms. The van der Waals surface area contributed by atoms with Crippen molar-refractivity contribution in [3.63, 3.8) is 0 Å². The van der Waals surface area contributed by atoms with E-state index in [4.69, 9.17) is 4.74 Å². The smallest absolute Gasteiger partial charge is 0.433 e. The third kappa shape index (κ3) is 3.63. The Morgan fingerprint density at radius 2 is 1.92 bits per heavy atom. The van der Waals surface area contributed by atoms with Crippen LogP contribution in [0.3, 0.4) is 0 Å². The average molecular weight is 368 g/mol. The Balaban J connectivity index is 1.75. The lowest BCUT2D eigenvalue weighted by Crippen LogP contribution is -2.33. The van der Waals surface area contributed by atoms with Crippen LogP contribution in [0.4, 0.5) is 23.7 Å². The number of carbonyl (C=O) groups is 2. The topological polar surface area (TPSA) is 76.5 Å². The monoisotopic (exact) mass is 368 g/mol. The van der Waals surface area contributed by atoms with Crippen molar-refractivity contribution in [3.05, 3.63) is 42.2 Å². The van der Waals surface area contributed by atoms with E-state index in [1.165, 1.54) is 36.1 Å². The molecule has 1 aliphatic heterocycles. The lowest BCUT2D eigenvalue weighted by atomic mass is 10.2. The molecule has 138 valence electrons. The molecule has 0 bridgehead atoms. The van der Waals surface area contributed by atoms with Crippen LogP contribution in [0.15, 0.2) is 36.5 Å². The number of aromatic nitrogens is 2. The predicted octanol–water partition coefficient (Wildman–Crippen LogP) is 2.35. The second-order valence-electron chi connectivity index (χ2n) is 5.70. The number of ether oxygens (including phenoxy) is 1. The van der Waals surface area contributed by atoms with E-state index in [0.29, 0.717) is 5.69 Å². The molecule has 1 aromatic heterocycles. The van der Waals surface area contributed by atoms with E-state index in [1.54, 1.807) is 0 Å². The molecule has 3 rings (SSSR count). The molecule has 0 radical (unpaired) electrons. The first-order valence-electron chi connectivity index (χ1n) is 7.70. The van der Waals surface area contributed by atoms with E-state index in [9.17, 15) is 22.8 Å². The first kappa shape index (κ1) is 17.8. The zero-order valence-electron chi connectivity index (χ0n) is 13.7. The molecule has 1 fully saturated rings. The third-order valence-electron chi connectivity index (χ3n) is 3.79. The third-order valence-corrected chi connectivity index (χ3v) is 3.79. The summed E-state index contributed by atoms with van der Waals surface area (Å²) < 4.78 is 44.8. The van der Waals surface area contributed by atoms with Gasteiger partial charge in [0, 0.05) is 12.6 Å². The number of carbonyl (C=O) groups excluding carboxylic acids is 2. The van der Waals surface area contributed by atoms with E-state index in [-0.39, 0.29) is 24.7 Å². The molecule has 0 spiro atoms. The minimum Gasteiger partial charge on any atom is -0.442 e. The van der Waals surface area contributed by atoms with Crippen LogP contribution in [-0.2, 0) is 15.7 Å². The molecule has 2 aromatic rings. The summed E-state index contributed by atoms with van der Waals surface area (Å²) in [6, 6.07) is 6.79. The zero-order chi connectivity index (χ0) is 18.9. The van der Waals surface area contributed by atoms with Gasteiger partial charge in [0.05, 0.1) is 25.0 Å². The van der Waals surface area contributed by atoms with Crippen molar-refractivity contribution in [1.82, 2.24) is 15.1 Å². The maximum atomic E-state index is 13.0. The van der Waals surface area contributed by atoms with E-state index >= 15 is 0 Å². The first-order chi connectivity index (χ1) is 12.3. The maximum Gasteiger partial charge on any atom is 0.433 e. The van der Waals surface area contributed by atoms with Gasteiger partial charge in [-0.05, 0) is 30.3 Å². The molecule has 1 saturated heterocycles. The Morgan fingerprint density at radius 1 is 1.27 bits per heavy atom. The van der Waals surface area contributed by atoms with E-state index < -0.39 is 24.1 Å². The maximum absolute atomic E-state index is 13.0. The highest BCUT2D eigenvalue weighted by molar-refractivity contribution is 5.90. The number of benzene rings is 1. The van der Waals surface area contributed by atoms with Gasteiger partial charge in [0.1, 0.15) is 11.8 Å². The number of halogens is 3. The highest BCUT2D eigenvalue weighted by Gasteiger charge is 2.35. The molecule has 1 aliphatic rings. The Bertz CT molecular complexity index is 817. The van der Waals surface area contributed by atoms with Crippen LogP contribution in [-0.4, -0.2) is 41.0 Å². The standard InChI is InChI=1S/C16H15F3N4O3/c1-10(24)20-8-13-9-22(15(25)26-13)11-2-4-12(5-3-11)23-14(6-7-21-23)16(17,18)19/h2-7,13H,8-9H2,1H3,(H,20,24). The quantitative estimate of drug-likeness (QED) is 0.899. The van der Waals surface area contributed by atoms with Gasteiger partial charge in [-0.3, -0.25) is 9.69 Å². The molecule has 1 atom stereocenters. The van der Waals surface area contributed by atoms with Crippen LogP contribution in [0.2, 0.25) is 0 Å². The average Bonchev–Trinajstić information content (AvgIpc) is 3.19. The molecule has 1 aromatic carbocycles. The van der Waals surface area contributed by atoms with E-state index in [2.05, 4.69) is 10.4 Å². The largest absolute Gasteiger partial charge is 0.442 e. The SMILES string of the molecule is CC(=O)NCC1CN(c2ccc(-n3nccc3C(F)(F)F)cc2)C(=O)O1. The van der Waals surface area contributed by atoms with Gasteiger partial charge in [0.2, 0.25) is 5.91 Å². The van der Waals surface area contributed by atoms with Crippen molar-refractivity contribution in [1.29, 1.82) is 0 Å². The van der Waals surface area contributed by atoms with Crippen molar-refractivity contribution in [2.24, 2.45) is 0 Å². The second kappa shape index (κ2) is 6.70. The number of cyclic esters (lactones) is 1. The van der Waals surface area contributed by atoms with Crippen LogP contribution >= 0.6 is 0 Å². The Morgan fingerprint density at radius 3 is 2.54 bits per heavy atom. The number of hydrogen-bond acceptors (Lipinski definition) is 4. The summed E-state index contributed by atoms with van der Waals surface area (Å²) in [4.78, 5) is 24.2. The molecule has 0 aliphatic carbocycles. The van der Waals surface area contributed by atoms with Gasteiger partial charge in [0.15, 0.2) is 0 Å². The molecule has 0 saturated carbocycles. The molecule has 2 amide bonds. The number of rotatable bonds is 4. The van der Waals surface area contributed by atoms with E-state index in [1.807, 2.05) is 0 Å². The molecular formula is C16H15F3N4O3. The van der Waals surface area contributed by atoms with Gasteiger partial charge in [-0.1, -0.05) is 0 Å². The first-order valence-corrected chi connectivity index (χ1v) is 7.70. The number of hydrogen-bond donors (Lipinski definition) is 1. The number of anilines is 1. The van der Waals surface area contributed by atoms with Crippen molar-refractivity contribution in [2.75, 3.05) is 18.0 Å². The second-order valence-corrected chi connectivity index (χ2v) is 5.70. The summed E-state index contributed by atoms with van der Waals surface area (Å²) in [7, 11) is 0. The Kier molecular flexibility index (Phi) is 4.58. The molecule has 1 N–H and O–H groups in total. The highest BCUT2D eigenvalue weighted by Crippen LogP contribution is 2.31. The van der Waals surface area contributed by atoms with Gasteiger partial charge in [0.25, 0.3) is 0 Å². The fourth-order valence-corrected chi connectivity index (χ4v) is 2.59. The highest BCUT2D eigenvalue weighted by atomic mass is 19.4. The molecule has 2 heterocycles. The number of alkyl halides is 3. The van der Waals surface area contributed by atoms with Crippen molar-refractivity contribution >= 4 is 17.7 Å². The lowest BCUT2D eigenvalue weighted by molar-refractivity contribution is -0.142. The normalized spacial score (nSPS) is 17.3. The van der Waals surface area contributed by atoms with Gasteiger partial charge >= 0.3 is 12.3 Å². The minimum atomic E-state index is -4.52. The predicted molar refractivity (Wildman–Crippen MR) is 84.9 cm³/mol. The van der Waals surface area contributed by atoms with Crippen molar-refractivity contribution in [3.8, 4) is 5.69 Å². The van der Waals surface area contributed by atoms with Crippen LogP contribution < -0.4 is 10.2 Å². The Hall–Kier alpha value is -3.04. The number of nitrogens with one attached hydrogen (secondary N) is 1. The number of nitrogens with zero attached hydrogens (tertiary/aromatic N) is 3. The van der Waals surface area contributed by atoms with Gasteiger partial charge in [-0.2, -0.15) is 18.3 Å². The summed E-state index contributed by atoms with van der Waals surface area (Å²) in [6.07, 6.45) is -4.52. The van der Waals surface area contributed by atoms with Gasteiger partial charge < -0.3 is 10.1 Å².